The Morgan fingerprint density at radius 1 is 1.44 bits per heavy atom. The minimum Gasteiger partial charge on any atom is -0.303 e. The lowest BCUT2D eigenvalue weighted by atomic mass is 10.2. The van der Waals surface area contributed by atoms with Crippen LogP contribution in [0.1, 0.15) is 37.0 Å². The Balaban J connectivity index is 2.76. The van der Waals surface area contributed by atoms with E-state index < -0.39 is 0 Å². The van der Waals surface area contributed by atoms with Crippen LogP contribution >= 0.6 is 0 Å². The summed E-state index contributed by atoms with van der Waals surface area (Å²) in [5.74, 6) is 1.39. The predicted octanol–water partition coefficient (Wildman–Crippen LogP) is 2.51. The molecular formula is C13H16N2O. The number of pyridine rings is 1. The third kappa shape index (κ3) is 1.62. The highest BCUT2D eigenvalue weighted by atomic mass is 16.1. The number of aromatic nitrogens is 2. The summed E-state index contributed by atoms with van der Waals surface area (Å²) in [6.07, 6.45) is 1.30. The van der Waals surface area contributed by atoms with Gasteiger partial charge in [0.25, 0.3) is 0 Å². The van der Waals surface area contributed by atoms with Crippen LogP contribution in [-0.4, -0.2) is 15.7 Å². The van der Waals surface area contributed by atoms with Crippen LogP contribution in [0.15, 0.2) is 18.2 Å². The molecule has 0 aliphatic heterocycles. The van der Waals surface area contributed by atoms with Crippen molar-refractivity contribution in [1.82, 2.24) is 9.38 Å². The first-order chi connectivity index (χ1) is 7.65. The maximum Gasteiger partial charge on any atom is 0.126 e. The van der Waals surface area contributed by atoms with Crippen LogP contribution in [0, 0.1) is 6.92 Å². The van der Waals surface area contributed by atoms with Crippen molar-refractivity contribution in [1.29, 1.82) is 0 Å². The Bertz CT molecular complexity index is 526. The van der Waals surface area contributed by atoms with Gasteiger partial charge in [0, 0.05) is 18.0 Å². The molecule has 0 aliphatic rings. The van der Waals surface area contributed by atoms with E-state index in [1.54, 1.807) is 0 Å². The van der Waals surface area contributed by atoms with E-state index >= 15 is 0 Å². The predicted molar refractivity (Wildman–Crippen MR) is 63.8 cm³/mol. The molecule has 0 radical (unpaired) electrons. The molecule has 0 aromatic carbocycles. The van der Waals surface area contributed by atoms with Crippen molar-refractivity contribution in [3.8, 4) is 0 Å². The van der Waals surface area contributed by atoms with E-state index in [9.17, 15) is 4.79 Å². The standard InChI is InChI=1S/C13H16N2O/c1-9(2)13-14-11(7-8-16)12-6-4-5-10(3)15(12)13/h4-6,8-9H,7H2,1-3H3. The van der Waals surface area contributed by atoms with Crippen LogP contribution in [-0.2, 0) is 11.2 Å². The molecule has 84 valence electrons. The van der Waals surface area contributed by atoms with E-state index in [0.717, 1.165) is 29.0 Å². The molecule has 0 aliphatic carbocycles. The highest BCUT2D eigenvalue weighted by molar-refractivity contribution is 5.64. The fourth-order valence-electron chi connectivity index (χ4n) is 2.01. The first-order valence-corrected chi connectivity index (χ1v) is 5.55. The molecule has 0 bridgehead atoms. The first kappa shape index (κ1) is 10.9. The molecule has 2 aromatic rings. The van der Waals surface area contributed by atoms with Crippen LogP contribution in [0.3, 0.4) is 0 Å². The number of aldehydes is 1. The van der Waals surface area contributed by atoms with Gasteiger partial charge in [-0.3, -0.25) is 0 Å². The topological polar surface area (TPSA) is 34.4 Å². The Labute approximate surface area is 95.1 Å². The third-order valence-corrected chi connectivity index (χ3v) is 2.75. The molecule has 0 spiro atoms. The lowest BCUT2D eigenvalue weighted by molar-refractivity contribution is -0.107. The molecule has 2 heterocycles. The van der Waals surface area contributed by atoms with Crippen LogP contribution in [0.4, 0.5) is 0 Å². The van der Waals surface area contributed by atoms with Gasteiger partial charge in [-0.05, 0) is 19.1 Å². The highest BCUT2D eigenvalue weighted by Gasteiger charge is 2.14. The van der Waals surface area contributed by atoms with Gasteiger partial charge in [0.15, 0.2) is 0 Å². The maximum atomic E-state index is 10.6. The second-order valence-electron chi connectivity index (χ2n) is 4.33. The van der Waals surface area contributed by atoms with Crippen molar-refractivity contribution >= 4 is 11.8 Å². The average Bonchev–Trinajstić information content (AvgIpc) is 2.60. The van der Waals surface area contributed by atoms with E-state index in [-0.39, 0.29) is 0 Å². The summed E-state index contributed by atoms with van der Waals surface area (Å²) in [5, 5.41) is 0. The largest absolute Gasteiger partial charge is 0.303 e. The molecule has 2 aromatic heterocycles. The van der Waals surface area contributed by atoms with Gasteiger partial charge >= 0.3 is 0 Å². The number of carbonyl (C=O) groups excluding carboxylic acids is 1. The summed E-state index contributed by atoms with van der Waals surface area (Å²) < 4.78 is 2.14. The Morgan fingerprint density at radius 2 is 2.19 bits per heavy atom. The van der Waals surface area contributed by atoms with Gasteiger partial charge in [0.1, 0.15) is 12.1 Å². The molecule has 0 amide bonds. The Morgan fingerprint density at radius 3 is 2.81 bits per heavy atom. The Kier molecular flexibility index (Phi) is 2.77. The van der Waals surface area contributed by atoms with Gasteiger partial charge in [-0.15, -0.1) is 0 Å². The molecule has 0 saturated heterocycles. The van der Waals surface area contributed by atoms with Gasteiger partial charge in [0.2, 0.25) is 0 Å². The molecule has 16 heavy (non-hydrogen) atoms. The summed E-state index contributed by atoms with van der Waals surface area (Å²) >= 11 is 0. The van der Waals surface area contributed by atoms with E-state index in [1.807, 2.05) is 12.1 Å². The number of nitrogens with zero attached hydrogens (tertiary/aromatic N) is 2. The minimum absolute atomic E-state index is 0.356. The summed E-state index contributed by atoms with van der Waals surface area (Å²) in [4.78, 5) is 15.2. The molecule has 0 N–H and O–H groups in total. The third-order valence-electron chi connectivity index (χ3n) is 2.75. The fraction of sp³-hybridized carbons (Fsp3) is 0.385. The Hall–Kier alpha value is -1.64. The molecule has 0 atom stereocenters. The van der Waals surface area contributed by atoms with Crippen molar-refractivity contribution in [3.63, 3.8) is 0 Å². The molecule has 3 heteroatoms. The van der Waals surface area contributed by atoms with E-state index in [4.69, 9.17) is 0 Å². The summed E-state index contributed by atoms with van der Waals surface area (Å²) in [5.41, 5.74) is 3.09. The quantitative estimate of drug-likeness (QED) is 0.739. The number of hydrogen-bond donors (Lipinski definition) is 0. The van der Waals surface area contributed by atoms with Gasteiger partial charge in [-0.2, -0.15) is 0 Å². The van der Waals surface area contributed by atoms with Crippen molar-refractivity contribution in [2.24, 2.45) is 0 Å². The van der Waals surface area contributed by atoms with Crippen LogP contribution in [0.5, 0.6) is 0 Å². The molecular weight excluding hydrogens is 200 g/mol. The van der Waals surface area contributed by atoms with Crippen LogP contribution < -0.4 is 0 Å². The van der Waals surface area contributed by atoms with Crippen molar-refractivity contribution in [2.45, 2.75) is 33.1 Å². The maximum absolute atomic E-state index is 10.6. The first-order valence-electron chi connectivity index (χ1n) is 5.55. The van der Waals surface area contributed by atoms with Crippen LogP contribution in [0.25, 0.3) is 5.52 Å². The number of aryl methyl sites for hydroxylation is 1. The molecule has 2 rings (SSSR count). The SMILES string of the molecule is Cc1cccc2c(CC=O)nc(C(C)C)n12. The van der Waals surface area contributed by atoms with Crippen molar-refractivity contribution < 1.29 is 4.79 Å². The second-order valence-corrected chi connectivity index (χ2v) is 4.33. The van der Waals surface area contributed by atoms with Gasteiger partial charge < -0.3 is 9.20 Å². The smallest absolute Gasteiger partial charge is 0.126 e. The van der Waals surface area contributed by atoms with Crippen molar-refractivity contribution in [2.75, 3.05) is 0 Å². The normalized spacial score (nSPS) is 11.2. The summed E-state index contributed by atoms with van der Waals surface area (Å²) in [7, 11) is 0. The minimum atomic E-state index is 0.356. The number of imidazole rings is 1. The lowest BCUT2D eigenvalue weighted by Crippen LogP contribution is -1.99. The number of rotatable bonds is 3. The number of fused-ring (bicyclic) bond motifs is 1. The van der Waals surface area contributed by atoms with Crippen LogP contribution in [0.2, 0.25) is 0 Å². The van der Waals surface area contributed by atoms with Crippen molar-refractivity contribution in [3.05, 3.63) is 35.4 Å². The fourth-order valence-corrected chi connectivity index (χ4v) is 2.01. The zero-order valence-corrected chi connectivity index (χ0v) is 9.90. The summed E-state index contributed by atoms with van der Waals surface area (Å²) in [6.45, 7) is 6.29. The molecule has 0 fully saturated rings. The average molecular weight is 216 g/mol. The van der Waals surface area contributed by atoms with E-state index in [2.05, 4.69) is 36.2 Å². The summed E-state index contributed by atoms with van der Waals surface area (Å²) in [6, 6.07) is 6.08. The molecule has 0 unspecified atom stereocenters. The highest BCUT2D eigenvalue weighted by Crippen LogP contribution is 2.21. The van der Waals surface area contributed by atoms with Gasteiger partial charge in [-0.25, -0.2) is 4.98 Å². The molecule has 3 nitrogen and oxygen atoms in total. The lowest BCUT2D eigenvalue weighted by Gasteiger charge is -2.06. The van der Waals surface area contributed by atoms with Gasteiger partial charge in [-0.1, -0.05) is 19.9 Å². The molecule has 0 saturated carbocycles. The number of carbonyl (C=O) groups is 1. The monoisotopic (exact) mass is 216 g/mol. The zero-order chi connectivity index (χ0) is 11.7. The number of hydrogen-bond acceptors (Lipinski definition) is 2. The van der Waals surface area contributed by atoms with E-state index in [1.165, 1.54) is 0 Å². The zero-order valence-electron chi connectivity index (χ0n) is 9.90. The second kappa shape index (κ2) is 4.08. The van der Waals surface area contributed by atoms with Gasteiger partial charge in [0.05, 0.1) is 11.2 Å². The van der Waals surface area contributed by atoms with E-state index in [0.29, 0.717) is 12.3 Å².